The van der Waals surface area contributed by atoms with E-state index in [0.29, 0.717) is 0 Å². The molecule has 1 unspecified atom stereocenters. The van der Waals surface area contributed by atoms with Gasteiger partial charge in [0.25, 0.3) is 0 Å². The van der Waals surface area contributed by atoms with Crippen molar-refractivity contribution in [3.05, 3.63) is 22.3 Å². The Labute approximate surface area is 68.3 Å². The highest BCUT2D eigenvalue weighted by Crippen LogP contribution is 1.98. The van der Waals surface area contributed by atoms with Crippen LogP contribution >= 0.6 is 0 Å². The summed E-state index contributed by atoms with van der Waals surface area (Å²) in [7, 11) is 0. The monoisotopic (exact) mass is 175 g/mol. The summed E-state index contributed by atoms with van der Waals surface area (Å²) in [4.78, 5) is 19.4. The van der Waals surface area contributed by atoms with Crippen LogP contribution in [0.5, 0.6) is 0 Å². The SMILES string of the molecule is O=C(O)C(CC=CCO)[N+](=O)[O-]. The molecule has 1 atom stereocenters. The summed E-state index contributed by atoms with van der Waals surface area (Å²) >= 11 is 0. The van der Waals surface area contributed by atoms with Crippen molar-refractivity contribution in [2.45, 2.75) is 12.5 Å². The molecule has 0 saturated heterocycles. The van der Waals surface area contributed by atoms with Gasteiger partial charge in [0.15, 0.2) is 0 Å². The van der Waals surface area contributed by atoms with Gasteiger partial charge in [0, 0.05) is 11.3 Å². The molecule has 68 valence electrons. The number of aliphatic hydroxyl groups is 1. The van der Waals surface area contributed by atoms with Gasteiger partial charge in [-0.3, -0.25) is 10.1 Å². The molecular formula is C6H9NO5. The maximum atomic E-state index is 10.2. The Kier molecular flexibility index (Phi) is 4.62. The minimum atomic E-state index is -1.62. The number of carboxylic acid groups (broad SMARTS) is 1. The van der Waals surface area contributed by atoms with Crippen molar-refractivity contribution < 1.29 is 19.9 Å². The van der Waals surface area contributed by atoms with Crippen LogP contribution in [0.2, 0.25) is 0 Å². The first kappa shape index (κ1) is 10.6. The van der Waals surface area contributed by atoms with Gasteiger partial charge in [-0.1, -0.05) is 12.2 Å². The van der Waals surface area contributed by atoms with E-state index in [1.165, 1.54) is 12.2 Å². The average Bonchev–Trinajstić information content (AvgIpc) is 1.96. The van der Waals surface area contributed by atoms with Crippen LogP contribution in [-0.4, -0.2) is 33.8 Å². The van der Waals surface area contributed by atoms with E-state index in [-0.39, 0.29) is 13.0 Å². The lowest BCUT2D eigenvalue weighted by molar-refractivity contribution is -0.509. The number of carboxylic acids is 1. The molecular weight excluding hydrogens is 166 g/mol. The van der Waals surface area contributed by atoms with E-state index >= 15 is 0 Å². The van der Waals surface area contributed by atoms with Crippen LogP contribution in [0, 0.1) is 10.1 Å². The molecule has 0 amide bonds. The normalized spacial score (nSPS) is 13.1. The van der Waals surface area contributed by atoms with Crippen LogP contribution in [0.1, 0.15) is 6.42 Å². The first-order chi connectivity index (χ1) is 5.59. The van der Waals surface area contributed by atoms with Gasteiger partial charge >= 0.3 is 12.0 Å². The molecule has 0 aliphatic carbocycles. The number of hydrogen-bond acceptors (Lipinski definition) is 4. The number of hydrogen-bond donors (Lipinski definition) is 2. The van der Waals surface area contributed by atoms with Gasteiger partial charge in [-0.05, 0) is 0 Å². The molecule has 2 N–H and O–H groups in total. The molecule has 0 aliphatic heterocycles. The highest BCUT2D eigenvalue weighted by atomic mass is 16.6. The molecule has 0 radical (unpaired) electrons. The third kappa shape index (κ3) is 3.67. The second-order valence-electron chi connectivity index (χ2n) is 2.03. The van der Waals surface area contributed by atoms with Crippen LogP contribution in [0.4, 0.5) is 0 Å². The fourth-order valence-electron chi connectivity index (χ4n) is 0.577. The summed E-state index contributed by atoms with van der Waals surface area (Å²) in [5, 5.41) is 26.6. The van der Waals surface area contributed by atoms with Gasteiger partial charge in [0.2, 0.25) is 0 Å². The van der Waals surface area contributed by atoms with E-state index in [1.54, 1.807) is 0 Å². The third-order valence-corrected chi connectivity index (χ3v) is 1.17. The molecule has 0 fully saturated rings. The quantitative estimate of drug-likeness (QED) is 0.338. The molecule has 0 aromatic carbocycles. The van der Waals surface area contributed by atoms with E-state index in [9.17, 15) is 14.9 Å². The summed E-state index contributed by atoms with van der Waals surface area (Å²) in [6, 6.07) is -1.62. The second kappa shape index (κ2) is 5.25. The minimum absolute atomic E-state index is 0.205. The predicted molar refractivity (Wildman–Crippen MR) is 39.3 cm³/mol. The Morgan fingerprint density at radius 1 is 1.58 bits per heavy atom. The minimum Gasteiger partial charge on any atom is -0.476 e. The fraction of sp³-hybridized carbons (Fsp3) is 0.500. The number of aliphatic hydroxyl groups excluding tert-OH is 1. The van der Waals surface area contributed by atoms with Crippen LogP contribution in [0.15, 0.2) is 12.2 Å². The van der Waals surface area contributed by atoms with Gasteiger partial charge in [0.1, 0.15) is 0 Å². The van der Waals surface area contributed by atoms with Crippen molar-refractivity contribution in [3.63, 3.8) is 0 Å². The molecule has 0 rings (SSSR count). The van der Waals surface area contributed by atoms with Crippen molar-refractivity contribution in [2.24, 2.45) is 0 Å². The average molecular weight is 175 g/mol. The molecule has 0 saturated carbocycles. The summed E-state index contributed by atoms with van der Waals surface area (Å²) in [6.45, 7) is -0.246. The first-order valence-electron chi connectivity index (χ1n) is 3.21. The summed E-state index contributed by atoms with van der Waals surface area (Å²) in [5.41, 5.74) is 0. The Morgan fingerprint density at radius 2 is 2.17 bits per heavy atom. The molecule has 0 aromatic rings. The topological polar surface area (TPSA) is 101 Å². The maximum Gasteiger partial charge on any atom is 0.379 e. The van der Waals surface area contributed by atoms with Crippen molar-refractivity contribution in [1.82, 2.24) is 0 Å². The Morgan fingerprint density at radius 3 is 2.50 bits per heavy atom. The van der Waals surface area contributed by atoms with Crippen molar-refractivity contribution >= 4 is 5.97 Å². The largest absolute Gasteiger partial charge is 0.476 e. The molecule has 6 heteroatoms. The number of carbonyl (C=O) groups is 1. The number of nitro groups is 1. The molecule has 0 heterocycles. The first-order valence-corrected chi connectivity index (χ1v) is 3.21. The summed E-state index contributed by atoms with van der Waals surface area (Å²) in [5.74, 6) is -1.47. The molecule has 0 spiro atoms. The molecule has 0 bridgehead atoms. The maximum absolute atomic E-state index is 10.2. The lowest BCUT2D eigenvalue weighted by Crippen LogP contribution is -2.28. The number of aliphatic carboxylic acids is 1. The molecule has 6 nitrogen and oxygen atoms in total. The summed E-state index contributed by atoms with van der Waals surface area (Å²) < 4.78 is 0. The number of nitrogens with zero attached hydrogens (tertiary/aromatic N) is 1. The van der Waals surface area contributed by atoms with Gasteiger partial charge in [-0.15, -0.1) is 0 Å². The van der Waals surface area contributed by atoms with Gasteiger partial charge in [0.05, 0.1) is 6.61 Å². The van der Waals surface area contributed by atoms with E-state index in [2.05, 4.69) is 0 Å². The van der Waals surface area contributed by atoms with E-state index in [0.717, 1.165) is 0 Å². The Hall–Kier alpha value is -1.43. The predicted octanol–water partition coefficient (Wildman–Crippen LogP) is -0.345. The highest BCUT2D eigenvalue weighted by Gasteiger charge is 2.27. The second-order valence-corrected chi connectivity index (χ2v) is 2.03. The standard InChI is InChI=1S/C6H9NO5/c8-4-2-1-3-5(6(9)10)7(11)12/h1-2,5,8H,3-4H2,(H,9,10). The van der Waals surface area contributed by atoms with Gasteiger partial charge in [-0.2, -0.15) is 0 Å². The van der Waals surface area contributed by atoms with Crippen LogP contribution < -0.4 is 0 Å². The Bertz CT molecular complexity index is 186. The van der Waals surface area contributed by atoms with Crippen molar-refractivity contribution in [1.29, 1.82) is 0 Å². The zero-order chi connectivity index (χ0) is 9.56. The molecule has 0 aromatic heterocycles. The van der Waals surface area contributed by atoms with E-state index in [1.807, 2.05) is 0 Å². The molecule has 12 heavy (non-hydrogen) atoms. The zero-order valence-corrected chi connectivity index (χ0v) is 6.21. The van der Waals surface area contributed by atoms with Crippen molar-refractivity contribution in [3.8, 4) is 0 Å². The van der Waals surface area contributed by atoms with Gasteiger partial charge in [-0.25, -0.2) is 4.79 Å². The fourth-order valence-corrected chi connectivity index (χ4v) is 0.577. The van der Waals surface area contributed by atoms with Crippen molar-refractivity contribution in [2.75, 3.05) is 6.61 Å². The van der Waals surface area contributed by atoms with Crippen LogP contribution in [0.3, 0.4) is 0 Å². The zero-order valence-electron chi connectivity index (χ0n) is 6.21. The van der Waals surface area contributed by atoms with Gasteiger partial charge < -0.3 is 10.2 Å². The number of rotatable bonds is 5. The van der Waals surface area contributed by atoms with Crippen LogP contribution in [0.25, 0.3) is 0 Å². The summed E-state index contributed by atoms with van der Waals surface area (Å²) in [6.07, 6.45) is 2.32. The molecule has 0 aliphatic rings. The smallest absolute Gasteiger partial charge is 0.379 e. The highest BCUT2D eigenvalue weighted by molar-refractivity contribution is 5.72. The van der Waals surface area contributed by atoms with E-state index < -0.39 is 16.9 Å². The lowest BCUT2D eigenvalue weighted by atomic mass is 10.2. The van der Waals surface area contributed by atoms with Crippen LogP contribution in [-0.2, 0) is 4.79 Å². The third-order valence-electron chi connectivity index (χ3n) is 1.17. The Balaban J connectivity index is 4.06. The lowest BCUT2D eigenvalue weighted by Gasteiger charge is -1.99. The van der Waals surface area contributed by atoms with E-state index in [4.69, 9.17) is 10.2 Å².